The maximum atomic E-state index is 12.4. The third-order valence-corrected chi connectivity index (χ3v) is 5.55. The van der Waals surface area contributed by atoms with Crippen LogP contribution in [0.25, 0.3) is 0 Å². The topological polar surface area (TPSA) is 101 Å². The van der Waals surface area contributed by atoms with E-state index in [2.05, 4.69) is 26.3 Å². The van der Waals surface area contributed by atoms with Crippen molar-refractivity contribution in [2.75, 3.05) is 18.4 Å². The second kappa shape index (κ2) is 8.52. The summed E-state index contributed by atoms with van der Waals surface area (Å²) in [6.45, 7) is 2.28. The van der Waals surface area contributed by atoms with Crippen LogP contribution in [0.4, 0.5) is 5.69 Å². The molecule has 3 N–H and O–H groups in total. The van der Waals surface area contributed by atoms with Gasteiger partial charge in [0.05, 0.1) is 12.2 Å². The zero-order valence-corrected chi connectivity index (χ0v) is 15.9. The Morgan fingerprint density at radius 1 is 1.18 bits per heavy atom. The fourth-order valence-corrected chi connectivity index (χ4v) is 3.58. The van der Waals surface area contributed by atoms with E-state index in [0.717, 1.165) is 56.4 Å². The summed E-state index contributed by atoms with van der Waals surface area (Å²) in [6, 6.07) is 7.86. The average molecular weight is 382 g/mol. The fraction of sp³-hybridized carbons (Fsp3) is 0.500. The molecule has 8 nitrogen and oxygen atoms in total. The molecule has 2 heterocycles. The number of nitrogens with zero attached hydrogens (tertiary/aromatic N) is 3. The van der Waals surface area contributed by atoms with Gasteiger partial charge in [-0.15, -0.1) is 5.10 Å². The lowest BCUT2D eigenvalue weighted by molar-refractivity contribution is -0.122. The summed E-state index contributed by atoms with van der Waals surface area (Å²) in [6.07, 6.45) is 6.78. The van der Waals surface area contributed by atoms with Crippen LogP contribution < -0.4 is 16.0 Å². The lowest BCUT2D eigenvalue weighted by Crippen LogP contribution is -2.29. The molecule has 28 heavy (non-hydrogen) atoms. The predicted octanol–water partition coefficient (Wildman–Crippen LogP) is 1.87. The van der Waals surface area contributed by atoms with Crippen molar-refractivity contribution in [1.29, 1.82) is 0 Å². The smallest absolute Gasteiger partial charge is 0.273 e. The van der Waals surface area contributed by atoms with Crippen LogP contribution in [0.5, 0.6) is 0 Å². The van der Waals surface area contributed by atoms with Crippen LogP contribution >= 0.6 is 0 Å². The van der Waals surface area contributed by atoms with Crippen molar-refractivity contribution in [3.8, 4) is 0 Å². The van der Waals surface area contributed by atoms with Crippen molar-refractivity contribution >= 4 is 17.5 Å². The summed E-state index contributed by atoms with van der Waals surface area (Å²) in [5.41, 5.74) is 2.01. The number of anilines is 1. The Hall–Kier alpha value is -2.74. The van der Waals surface area contributed by atoms with Gasteiger partial charge in [-0.3, -0.25) is 9.59 Å². The second-order valence-electron chi connectivity index (χ2n) is 7.57. The zero-order valence-electron chi connectivity index (χ0n) is 15.9. The van der Waals surface area contributed by atoms with Crippen molar-refractivity contribution in [3.63, 3.8) is 0 Å². The lowest BCUT2D eigenvalue weighted by Gasteiger charge is -2.24. The van der Waals surface area contributed by atoms with Crippen molar-refractivity contribution in [3.05, 3.63) is 41.7 Å². The van der Waals surface area contributed by atoms with Crippen molar-refractivity contribution in [2.45, 2.75) is 44.7 Å². The van der Waals surface area contributed by atoms with E-state index in [4.69, 9.17) is 0 Å². The van der Waals surface area contributed by atoms with E-state index in [-0.39, 0.29) is 17.7 Å². The molecule has 1 saturated heterocycles. The Balaban J connectivity index is 1.31. The first-order valence-electron chi connectivity index (χ1n) is 9.99. The number of hydrogen-bond acceptors (Lipinski definition) is 5. The molecule has 2 aliphatic rings. The van der Waals surface area contributed by atoms with Gasteiger partial charge in [0.15, 0.2) is 5.69 Å². The summed E-state index contributed by atoms with van der Waals surface area (Å²) in [7, 11) is 0. The molecule has 0 unspecified atom stereocenters. The van der Waals surface area contributed by atoms with E-state index in [1.807, 2.05) is 24.3 Å². The van der Waals surface area contributed by atoms with Gasteiger partial charge in [0, 0.05) is 18.2 Å². The highest BCUT2D eigenvalue weighted by Crippen LogP contribution is 2.27. The van der Waals surface area contributed by atoms with E-state index >= 15 is 0 Å². The van der Waals surface area contributed by atoms with Crippen LogP contribution in [-0.4, -0.2) is 39.9 Å². The summed E-state index contributed by atoms with van der Waals surface area (Å²) in [5.74, 6) is -0.0167. The minimum absolute atomic E-state index is 0.0852. The van der Waals surface area contributed by atoms with E-state index < -0.39 is 0 Å². The SMILES string of the molecule is O=C(NCc1cccc(NC(=O)C2CCC2)c1)c1cn(C2CCNCC2)nn1. The van der Waals surface area contributed by atoms with Gasteiger partial charge in [-0.1, -0.05) is 23.8 Å². The Morgan fingerprint density at radius 3 is 2.75 bits per heavy atom. The number of benzene rings is 1. The van der Waals surface area contributed by atoms with E-state index in [9.17, 15) is 9.59 Å². The Bertz CT molecular complexity index is 839. The number of carbonyl (C=O) groups is 2. The largest absolute Gasteiger partial charge is 0.347 e. The molecule has 1 aromatic heterocycles. The highest BCUT2D eigenvalue weighted by atomic mass is 16.2. The number of hydrogen-bond donors (Lipinski definition) is 3. The molecule has 1 aliphatic heterocycles. The minimum Gasteiger partial charge on any atom is -0.347 e. The maximum Gasteiger partial charge on any atom is 0.273 e. The molecule has 148 valence electrons. The fourth-order valence-electron chi connectivity index (χ4n) is 3.58. The highest BCUT2D eigenvalue weighted by Gasteiger charge is 2.25. The number of aromatic nitrogens is 3. The number of rotatable bonds is 6. The van der Waals surface area contributed by atoms with Gasteiger partial charge in [0.25, 0.3) is 5.91 Å². The van der Waals surface area contributed by atoms with Gasteiger partial charge in [0.2, 0.25) is 5.91 Å². The van der Waals surface area contributed by atoms with Crippen LogP contribution in [0, 0.1) is 5.92 Å². The highest BCUT2D eigenvalue weighted by molar-refractivity contribution is 5.93. The van der Waals surface area contributed by atoms with Crippen molar-refractivity contribution in [2.24, 2.45) is 5.92 Å². The lowest BCUT2D eigenvalue weighted by atomic mass is 9.85. The average Bonchev–Trinajstić information content (AvgIpc) is 3.16. The van der Waals surface area contributed by atoms with Crippen molar-refractivity contribution in [1.82, 2.24) is 25.6 Å². The molecule has 2 aromatic rings. The molecule has 8 heteroatoms. The zero-order chi connectivity index (χ0) is 19.3. The number of piperidine rings is 1. The van der Waals surface area contributed by atoms with Crippen LogP contribution in [0.2, 0.25) is 0 Å². The van der Waals surface area contributed by atoms with Crippen LogP contribution in [-0.2, 0) is 11.3 Å². The maximum absolute atomic E-state index is 12.4. The standard InChI is InChI=1S/C20H26N6O2/c27-19(15-4-2-5-15)23-16-6-1-3-14(11-16)12-22-20(28)18-13-26(25-24-18)17-7-9-21-10-8-17/h1,3,6,11,13,15,17,21H,2,4-5,7-10,12H2,(H,22,28)(H,23,27). The Kier molecular flexibility index (Phi) is 5.66. The molecule has 0 spiro atoms. The number of carbonyl (C=O) groups excluding carboxylic acids is 2. The monoisotopic (exact) mass is 382 g/mol. The molecule has 1 saturated carbocycles. The normalized spacial score (nSPS) is 17.7. The first kappa shape index (κ1) is 18.6. The van der Waals surface area contributed by atoms with Crippen LogP contribution in [0.1, 0.15) is 54.2 Å². The molecule has 2 amide bonds. The van der Waals surface area contributed by atoms with Crippen LogP contribution in [0.15, 0.2) is 30.5 Å². The second-order valence-corrected chi connectivity index (χ2v) is 7.57. The molecule has 0 radical (unpaired) electrons. The third kappa shape index (κ3) is 4.39. The van der Waals surface area contributed by atoms with E-state index in [1.54, 1.807) is 10.9 Å². The van der Waals surface area contributed by atoms with E-state index in [0.29, 0.717) is 18.3 Å². The van der Waals surface area contributed by atoms with Gasteiger partial charge >= 0.3 is 0 Å². The third-order valence-electron chi connectivity index (χ3n) is 5.55. The quantitative estimate of drug-likeness (QED) is 0.708. The molecule has 1 aromatic carbocycles. The molecule has 4 rings (SSSR count). The van der Waals surface area contributed by atoms with Gasteiger partial charge in [-0.05, 0) is 56.5 Å². The van der Waals surface area contributed by atoms with Gasteiger partial charge < -0.3 is 16.0 Å². The number of nitrogens with one attached hydrogen (secondary N) is 3. The Labute approximate surface area is 164 Å². The summed E-state index contributed by atoms with van der Waals surface area (Å²) in [4.78, 5) is 24.5. The van der Waals surface area contributed by atoms with Gasteiger partial charge in [-0.25, -0.2) is 4.68 Å². The molecule has 1 aliphatic carbocycles. The Morgan fingerprint density at radius 2 is 2.00 bits per heavy atom. The minimum atomic E-state index is -0.246. The number of amides is 2. The van der Waals surface area contributed by atoms with Gasteiger partial charge in [0.1, 0.15) is 0 Å². The molecule has 0 bridgehead atoms. The molecule has 0 atom stereocenters. The summed E-state index contributed by atoms with van der Waals surface area (Å²) in [5, 5.41) is 17.3. The first-order valence-corrected chi connectivity index (χ1v) is 9.99. The summed E-state index contributed by atoms with van der Waals surface area (Å²) < 4.78 is 1.80. The molecular formula is C20H26N6O2. The first-order chi connectivity index (χ1) is 13.7. The van der Waals surface area contributed by atoms with E-state index in [1.165, 1.54) is 0 Å². The van der Waals surface area contributed by atoms with Gasteiger partial charge in [-0.2, -0.15) is 0 Å². The molecule has 2 fully saturated rings. The van der Waals surface area contributed by atoms with Crippen LogP contribution in [0.3, 0.4) is 0 Å². The summed E-state index contributed by atoms with van der Waals surface area (Å²) >= 11 is 0. The molecular weight excluding hydrogens is 356 g/mol. The predicted molar refractivity (Wildman–Crippen MR) is 105 cm³/mol. The van der Waals surface area contributed by atoms with Crippen molar-refractivity contribution < 1.29 is 9.59 Å².